The molecule has 0 unspecified atom stereocenters. The largest absolute Gasteiger partial charge is 0.427 e. The first-order valence-electron chi connectivity index (χ1n) is 13.6. The summed E-state index contributed by atoms with van der Waals surface area (Å²) in [6.45, 7) is 10.0. The van der Waals surface area contributed by atoms with Crippen LogP contribution in [0.4, 0.5) is 0 Å². The van der Waals surface area contributed by atoms with E-state index in [0.29, 0.717) is 30.0 Å². The van der Waals surface area contributed by atoms with Crippen molar-refractivity contribution in [2.24, 2.45) is 27.2 Å². The van der Waals surface area contributed by atoms with E-state index in [4.69, 9.17) is 4.74 Å². The quantitative estimate of drug-likeness (QED) is 0.178. The number of nitrogens with one attached hydrogen (secondary N) is 1. The SMILES string of the molecule is CC(C)(CC(=O)NCC(C)(C)SN=O)CC(=O)Oc1ccc2c(c1)CC[C@@H]1[C@@H]2CC[C@]2(C)[C@@H](O)CC[C@@H]12. The molecule has 5 atom stereocenters. The second-order valence-corrected chi connectivity index (χ2v) is 14.5. The van der Waals surface area contributed by atoms with Crippen molar-refractivity contribution >= 4 is 23.8 Å². The lowest BCUT2D eigenvalue weighted by Crippen LogP contribution is -2.43. The molecule has 2 saturated carbocycles. The number of fused-ring (bicyclic) bond motifs is 5. The summed E-state index contributed by atoms with van der Waals surface area (Å²) in [4.78, 5) is 35.7. The maximum Gasteiger partial charge on any atom is 0.311 e. The van der Waals surface area contributed by atoms with Crippen LogP contribution in [0.25, 0.3) is 0 Å². The molecule has 0 aromatic heterocycles. The molecule has 1 aromatic rings. The molecule has 0 saturated heterocycles. The average Bonchev–Trinajstić information content (AvgIpc) is 3.11. The summed E-state index contributed by atoms with van der Waals surface area (Å²) < 4.78 is 8.09. The van der Waals surface area contributed by atoms with Gasteiger partial charge >= 0.3 is 5.97 Å². The molecule has 0 bridgehead atoms. The van der Waals surface area contributed by atoms with Crippen molar-refractivity contribution < 1.29 is 19.4 Å². The minimum Gasteiger partial charge on any atom is -0.427 e. The Bertz CT molecular complexity index is 1040. The number of aryl methyl sites for hydroxylation is 1. The highest BCUT2D eigenvalue weighted by Gasteiger charge is 2.54. The van der Waals surface area contributed by atoms with Crippen LogP contribution in [0.5, 0.6) is 5.75 Å². The van der Waals surface area contributed by atoms with Crippen molar-refractivity contribution in [2.75, 3.05) is 6.54 Å². The summed E-state index contributed by atoms with van der Waals surface area (Å²) in [5.41, 5.74) is 2.17. The van der Waals surface area contributed by atoms with E-state index in [1.807, 2.05) is 39.8 Å². The van der Waals surface area contributed by atoms with Gasteiger partial charge in [0, 0.05) is 29.5 Å². The molecule has 204 valence electrons. The number of ether oxygens (including phenoxy) is 1. The van der Waals surface area contributed by atoms with Gasteiger partial charge in [-0.15, -0.1) is 4.91 Å². The molecule has 0 radical (unpaired) electrons. The fourth-order valence-electron chi connectivity index (χ4n) is 7.16. The molecule has 0 heterocycles. The molecule has 8 heteroatoms. The van der Waals surface area contributed by atoms with Crippen LogP contribution in [0, 0.1) is 27.6 Å². The van der Waals surface area contributed by atoms with Crippen LogP contribution in [-0.2, 0) is 16.0 Å². The van der Waals surface area contributed by atoms with Gasteiger partial charge in [0.25, 0.3) is 0 Å². The van der Waals surface area contributed by atoms with Crippen molar-refractivity contribution in [3.05, 3.63) is 34.2 Å². The molecule has 1 amide bonds. The zero-order valence-electron chi connectivity index (χ0n) is 22.8. The lowest BCUT2D eigenvalue weighted by molar-refractivity contribution is -0.137. The number of nitrogens with zero attached hydrogens (tertiary/aromatic N) is 1. The molecule has 1 aromatic carbocycles. The first-order valence-corrected chi connectivity index (χ1v) is 14.4. The maximum atomic E-state index is 12.8. The Kier molecular flexibility index (Phi) is 8.11. The Balaban J connectivity index is 1.33. The number of aliphatic hydroxyl groups is 1. The van der Waals surface area contributed by atoms with Gasteiger partial charge in [0.05, 0.1) is 17.3 Å². The van der Waals surface area contributed by atoms with Crippen LogP contribution < -0.4 is 10.1 Å². The summed E-state index contributed by atoms with van der Waals surface area (Å²) in [5.74, 6) is 1.81. The summed E-state index contributed by atoms with van der Waals surface area (Å²) in [7, 11) is 0. The third kappa shape index (κ3) is 6.22. The molecule has 7 nitrogen and oxygen atoms in total. The van der Waals surface area contributed by atoms with Gasteiger partial charge in [0.2, 0.25) is 5.91 Å². The lowest BCUT2D eigenvalue weighted by atomic mass is 9.55. The maximum absolute atomic E-state index is 12.8. The summed E-state index contributed by atoms with van der Waals surface area (Å²) in [5, 5.41) is 13.4. The van der Waals surface area contributed by atoms with Crippen LogP contribution in [0.15, 0.2) is 22.8 Å². The predicted octanol–water partition coefficient (Wildman–Crippen LogP) is 5.92. The summed E-state index contributed by atoms with van der Waals surface area (Å²) in [6.07, 6.45) is 6.48. The second kappa shape index (κ2) is 10.7. The highest BCUT2D eigenvalue weighted by Crippen LogP contribution is 2.60. The van der Waals surface area contributed by atoms with E-state index in [2.05, 4.69) is 22.9 Å². The number of carbonyl (C=O) groups is 2. The summed E-state index contributed by atoms with van der Waals surface area (Å²) in [6, 6.07) is 6.09. The van der Waals surface area contributed by atoms with Crippen molar-refractivity contribution in [3.8, 4) is 5.75 Å². The van der Waals surface area contributed by atoms with E-state index < -0.39 is 10.2 Å². The molecule has 3 aliphatic carbocycles. The van der Waals surface area contributed by atoms with E-state index in [-0.39, 0.29) is 36.2 Å². The number of rotatable bonds is 9. The minimum absolute atomic E-state index is 0.0692. The average molecular weight is 531 g/mol. The van der Waals surface area contributed by atoms with Gasteiger partial charge in [0.15, 0.2) is 0 Å². The van der Waals surface area contributed by atoms with E-state index in [1.165, 1.54) is 11.1 Å². The van der Waals surface area contributed by atoms with Gasteiger partial charge in [-0.1, -0.05) is 26.8 Å². The zero-order valence-corrected chi connectivity index (χ0v) is 23.7. The number of benzene rings is 1. The molecular formula is C29H42N2O5S. The fraction of sp³-hybridized carbons (Fsp3) is 0.724. The first kappa shape index (κ1) is 28.1. The van der Waals surface area contributed by atoms with Crippen LogP contribution >= 0.6 is 11.9 Å². The molecular weight excluding hydrogens is 488 g/mol. The van der Waals surface area contributed by atoms with Crippen molar-refractivity contribution in [1.29, 1.82) is 0 Å². The van der Waals surface area contributed by atoms with Gasteiger partial charge in [-0.2, -0.15) is 0 Å². The number of esters is 1. The molecule has 3 aliphatic rings. The Hall–Kier alpha value is -1.93. The van der Waals surface area contributed by atoms with Crippen molar-refractivity contribution in [3.63, 3.8) is 0 Å². The van der Waals surface area contributed by atoms with E-state index in [1.54, 1.807) is 0 Å². The normalized spacial score (nSPS) is 29.0. The number of hydrogen-bond donors (Lipinski definition) is 2. The Morgan fingerprint density at radius 2 is 1.92 bits per heavy atom. The van der Waals surface area contributed by atoms with Gasteiger partial charge in [-0.25, -0.2) is 0 Å². The van der Waals surface area contributed by atoms with Crippen molar-refractivity contribution in [1.82, 2.24) is 5.32 Å². The highest BCUT2D eigenvalue weighted by molar-refractivity contribution is 7.99. The van der Waals surface area contributed by atoms with Gasteiger partial charge in [-0.3, -0.25) is 9.59 Å². The molecule has 2 N–H and O–H groups in total. The molecule has 2 fully saturated rings. The Morgan fingerprint density at radius 1 is 1.16 bits per heavy atom. The predicted molar refractivity (Wildman–Crippen MR) is 146 cm³/mol. The molecule has 4 rings (SSSR count). The van der Waals surface area contributed by atoms with Crippen LogP contribution in [-0.4, -0.2) is 34.4 Å². The Labute approximate surface area is 225 Å². The number of carbonyl (C=O) groups excluding carboxylic acids is 2. The van der Waals surface area contributed by atoms with E-state index in [9.17, 15) is 19.6 Å². The molecule has 0 spiro atoms. The van der Waals surface area contributed by atoms with Crippen LogP contribution in [0.2, 0.25) is 0 Å². The first-order chi connectivity index (χ1) is 17.3. The number of amides is 1. The molecule has 0 aliphatic heterocycles. The number of aliphatic hydroxyl groups excluding tert-OH is 1. The van der Waals surface area contributed by atoms with Gasteiger partial charge in [0.1, 0.15) is 5.75 Å². The minimum atomic E-state index is -0.566. The smallest absolute Gasteiger partial charge is 0.311 e. The Morgan fingerprint density at radius 3 is 2.65 bits per heavy atom. The molecule has 37 heavy (non-hydrogen) atoms. The third-order valence-electron chi connectivity index (χ3n) is 9.14. The number of hydrogen-bond acceptors (Lipinski definition) is 7. The lowest BCUT2D eigenvalue weighted by Gasteiger charge is -2.50. The van der Waals surface area contributed by atoms with Crippen molar-refractivity contribution in [2.45, 2.75) is 103 Å². The van der Waals surface area contributed by atoms with Crippen LogP contribution in [0.3, 0.4) is 0 Å². The zero-order chi connectivity index (χ0) is 27.0. The summed E-state index contributed by atoms with van der Waals surface area (Å²) >= 11 is 0.896. The third-order valence-corrected chi connectivity index (χ3v) is 9.85. The monoisotopic (exact) mass is 530 g/mol. The fourth-order valence-corrected chi connectivity index (χ4v) is 7.50. The van der Waals surface area contributed by atoms with Gasteiger partial charge in [-0.05, 0) is 104 Å². The highest BCUT2D eigenvalue weighted by atomic mass is 32.2. The van der Waals surface area contributed by atoms with E-state index in [0.717, 1.165) is 50.5 Å². The van der Waals surface area contributed by atoms with Gasteiger partial charge < -0.3 is 15.2 Å². The van der Waals surface area contributed by atoms with Crippen LogP contribution in [0.1, 0.15) is 96.6 Å². The standard InChI is InChI=1S/C29H42N2O5S/c1-27(2,15-25(33)30-17-28(3,4)37-31-35)16-26(34)36-19-7-9-20-18(14-19)6-8-22-21(20)12-13-29(5)23(22)10-11-24(29)32/h7,9,14,21-24,32H,6,8,10-13,15-17H2,1-5H3,(H,30,33)/t21-,22-,23+,24+,29+/m1/s1. The second-order valence-electron chi connectivity index (χ2n) is 13.1. The topological polar surface area (TPSA) is 105 Å². The van der Waals surface area contributed by atoms with E-state index >= 15 is 0 Å². The number of nitroso groups, excluding NO2 is 1.